The Morgan fingerprint density at radius 1 is 1.38 bits per heavy atom. The van der Waals surface area contributed by atoms with Crippen molar-refractivity contribution in [2.45, 2.75) is 60.5 Å². The third-order valence-electron chi connectivity index (χ3n) is 4.53. The molecule has 3 heteroatoms. The molecule has 1 aliphatic heterocycles. The predicted octanol–water partition coefficient (Wildman–Crippen LogP) is 3.76. The van der Waals surface area contributed by atoms with E-state index in [2.05, 4.69) is 57.8 Å². The number of hydrogen-bond acceptors (Lipinski definition) is 3. The fourth-order valence-corrected chi connectivity index (χ4v) is 3.04. The summed E-state index contributed by atoms with van der Waals surface area (Å²) in [5.41, 5.74) is 2.97. The van der Waals surface area contributed by atoms with Gasteiger partial charge in [0.25, 0.3) is 0 Å². The van der Waals surface area contributed by atoms with Gasteiger partial charge in [-0.2, -0.15) is 0 Å². The third-order valence-corrected chi connectivity index (χ3v) is 4.53. The summed E-state index contributed by atoms with van der Waals surface area (Å²) in [4.78, 5) is 7.20. The summed E-state index contributed by atoms with van der Waals surface area (Å²) in [6.45, 7) is 16.8. The lowest BCUT2D eigenvalue weighted by Gasteiger charge is -2.27. The van der Waals surface area contributed by atoms with Gasteiger partial charge in [-0.25, -0.2) is 4.98 Å². The second-order valence-electron chi connectivity index (χ2n) is 7.82. The smallest absolute Gasteiger partial charge is 0.131 e. The number of pyridine rings is 1. The Morgan fingerprint density at radius 2 is 2.10 bits per heavy atom. The van der Waals surface area contributed by atoms with Crippen molar-refractivity contribution in [2.75, 3.05) is 18.0 Å². The molecule has 1 aromatic rings. The van der Waals surface area contributed by atoms with Crippen LogP contribution < -0.4 is 10.2 Å². The minimum atomic E-state index is 0.393. The Kier molecular flexibility index (Phi) is 4.92. The number of nitrogens with zero attached hydrogens (tertiary/aromatic N) is 2. The molecule has 3 nitrogen and oxygen atoms in total. The lowest BCUT2D eigenvalue weighted by atomic mass is 9.80. The Balaban J connectivity index is 2.05. The minimum Gasteiger partial charge on any atom is -0.356 e. The first-order chi connectivity index (χ1) is 9.77. The number of hydrogen-bond donors (Lipinski definition) is 1. The van der Waals surface area contributed by atoms with Crippen LogP contribution in [0.15, 0.2) is 12.3 Å². The number of aromatic nitrogens is 1. The van der Waals surface area contributed by atoms with Crippen molar-refractivity contribution in [1.29, 1.82) is 0 Å². The van der Waals surface area contributed by atoms with Gasteiger partial charge in [-0.3, -0.25) is 0 Å². The van der Waals surface area contributed by atoms with Gasteiger partial charge in [0.05, 0.1) is 0 Å². The summed E-state index contributed by atoms with van der Waals surface area (Å²) < 4.78 is 0. The molecule has 0 radical (unpaired) electrons. The minimum absolute atomic E-state index is 0.393. The van der Waals surface area contributed by atoms with E-state index >= 15 is 0 Å². The molecule has 1 aromatic heterocycles. The van der Waals surface area contributed by atoms with Crippen molar-refractivity contribution >= 4 is 5.82 Å². The lowest BCUT2D eigenvalue weighted by molar-refractivity contribution is 0.263. The summed E-state index contributed by atoms with van der Waals surface area (Å²) in [5, 5.41) is 3.45. The Bertz CT molecular complexity index is 474. The molecule has 1 N–H and O–H groups in total. The van der Waals surface area contributed by atoms with Gasteiger partial charge in [0.1, 0.15) is 5.82 Å². The standard InChI is InChI=1S/C18H31N3/c1-13(2)19-10-15-9-14(3)17(20-11-15)21-8-7-16(12-21)18(4,5)6/h9,11,13,16,19H,7-8,10,12H2,1-6H3. The summed E-state index contributed by atoms with van der Waals surface area (Å²) in [5.74, 6) is 1.94. The van der Waals surface area contributed by atoms with E-state index in [1.807, 2.05) is 6.20 Å². The van der Waals surface area contributed by atoms with E-state index < -0.39 is 0 Å². The molecule has 2 rings (SSSR count). The average Bonchev–Trinajstić information content (AvgIpc) is 2.85. The van der Waals surface area contributed by atoms with Gasteiger partial charge < -0.3 is 10.2 Å². The van der Waals surface area contributed by atoms with Gasteiger partial charge in [-0.15, -0.1) is 0 Å². The van der Waals surface area contributed by atoms with Crippen LogP contribution >= 0.6 is 0 Å². The normalized spacial score (nSPS) is 19.6. The van der Waals surface area contributed by atoms with E-state index in [0.29, 0.717) is 11.5 Å². The maximum Gasteiger partial charge on any atom is 0.131 e. The fraction of sp³-hybridized carbons (Fsp3) is 0.722. The van der Waals surface area contributed by atoms with Crippen molar-refractivity contribution in [3.05, 3.63) is 23.4 Å². The average molecular weight is 289 g/mol. The zero-order valence-electron chi connectivity index (χ0n) is 14.5. The summed E-state index contributed by atoms with van der Waals surface area (Å²) in [6.07, 6.45) is 3.31. The quantitative estimate of drug-likeness (QED) is 0.914. The summed E-state index contributed by atoms with van der Waals surface area (Å²) >= 11 is 0. The number of rotatable bonds is 4. The highest BCUT2D eigenvalue weighted by atomic mass is 15.2. The highest BCUT2D eigenvalue weighted by molar-refractivity contribution is 5.48. The number of nitrogens with one attached hydrogen (secondary N) is 1. The van der Waals surface area contributed by atoms with Crippen LogP contribution in [0.25, 0.3) is 0 Å². The van der Waals surface area contributed by atoms with E-state index in [4.69, 9.17) is 4.98 Å². The molecule has 1 unspecified atom stereocenters. The van der Waals surface area contributed by atoms with Crippen molar-refractivity contribution in [3.63, 3.8) is 0 Å². The second kappa shape index (κ2) is 6.35. The van der Waals surface area contributed by atoms with Crippen molar-refractivity contribution in [3.8, 4) is 0 Å². The molecule has 1 atom stereocenters. The zero-order valence-corrected chi connectivity index (χ0v) is 14.5. The van der Waals surface area contributed by atoms with Crippen LogP contribution in [0, 0.1) is 18.3 Å². The molecule has 0 aromatic carbocycles. The molecule has 21 heavy (non-hydrogen) atoms. The molecule has 1 saturated heterocycles. The van der Waals surface area contributed by atoms with Crippen LogP contribution in [0.4, 0.5) is 5.82 Å². The van der Waals surface area contributed by atoms with E-state index in [-0.39, 0.29) is 0 Å². The molecule has 0 saturated carbocycles. The third kappa shape index (κ3) is 4.19. The first kappa shape index (κ1) is 16.3. The van der Waals surface area contributed by atoms with Crippen LogP contribution in [0.1, 0.15) is 52.2 Å². The first-order valence-corrected chi connectivity index (χ1v) is 8.21. The van der Waals surface area contributed by atoms with Crippen molar-refractivity contribution in [1.82, 2.24) is 10.3 Å². The van der Waals surface area contributed by atoms with Gasteiger partial charge in [0.15, 0.2) is 0 Å². The molecule has 1 fully saturated rings. The van der Waals surface area contributed by atoms with Gasteiger partial charge in [0.2, 0.25) is 0 Å². The maximum atomic E-state index is 4.74. The summed E-state index contributed by atoms with van der Waals surface area (Å²) in [6, 6.07) is 2.79. The largest absolute Gasteiger partial charge is 0.356 e. The maximum absolute atomic E-state index is 4.74. The van der Waals surface area contributed by atoms with Crippen LogP contribution in [-0.2, 0) is 6.54 Å². The first-order valence-electron chi connectivity index (χ1n) is 8.21. The molecule has 0 aliphatic carbocycles. The molecular weight excluding hydrogens is 258 g/mol. The molecule has 1 aliphatic rings. The van der Waals surface area contributed by atoms with Gasteiger partial charge in [-0.05, 0) is 41.9 Å². The van der Waals surface area contributed by atoms with E-state index in [1.165, 1.54) is 23.4 Å². The van der Waals surface area contributed by atoms with E-state index in [9.17, 15) is 0 Å². The second-order valence-corrected chi connectivity index (χ2v) is 7.82. The van der Waals surface area contributed by atoms with Gasteiger partial charge >= 0.3 is 0 Å². The highest BCUT2D eigenvalue weighted by Crippen LogP contribution is 2.35. The van der Waals surface area contributed by atoms with Crippen LogP contribution in [0.2, 0.25) is 0 Å². The Labute approximate surface area is 130 Å². The van der Waals surface area contributed by atoms with Gasteiger partial charge in [0, 0.05) is 31.9 Å². The van der Waals surface area contributed by atoms with Crippen LogP contribution in [0.5, 0.6) is 0 Å². The molecular formula is C18H31N3. The van der Waals surface area contributed by atoms with E-state index in [0.717, 1.165) is 25.6 Å². The fourth-order valence-electron chi connectivity index (χ4n) is 3.04. The molecule has 0 amide bonds. The zero-order chi connectivity index (χ0) is 15.6. The predicted molar refractivity (Wildman–Crippen MR) is 90.7 cm³/mol. The topological polar surface area (TPSA) is 28.2 Å². The molecule has 2 heterocycles. The van der Waals surface area contributed by atoms with Crippen molar-refractivity contribution in [2.24, 2.45) is 11.3 Å². The van der Waals surface area contributed by atoms with Crippen LogP contribution in [-0.4, -0.2) is 24.1 Å². The van der Waals surface area contributed by atoms with Crippen LogP contribution in [0.3, 0.4) is 0 Å². The summed E-state index contributed by atoms with van der Waals surface area (Å²) in [7, 11) is 0. The Morgan fingerprint density at radius 3 is 2.62 bits per heavy atom. The molecule has 118 valence electrons. The SMILES string of the molecule is Cc1cc(CNC(C)C)cnc1N1CCC(C(C)(C)C)C1. The van der Waals surface area contributed by atoms with E-state index in [1.54, 1.807) is 0 Å². The lowest BCUT2D eigenvalue weighted by Crippen LogP contribution is -2.27. The Hall–Kier alpha value is -1.09. The number of anilines is 1. The highest BCUT2D eigenvalue weighted by Gasteiger charge is 2.32. The van der Waals surface area contributed by atoms with Gasteiger partial charge in [-0.1, -0.05) is 34.6 Å². The van der Waals surface area contributed by atoms with Crippen molar-refractivity contribution < 1.29 is 0 Å². The number of aryl methyl sites for hydroxylation is 1. The monoisotopic (exact) mass is 289 g/mol. The molecule has 0 bridgehead atoms. The molecule has 0 spiro atoms.